The van der Waals surface area contributed by atoms with Crippen LogP contribution in [0.2, 0.25) is 10.0 Å². The molecule has 3 aromatic rings. The molecule has 4 heterocycles. The van der Waals surface area contributed by atoms with Crippen molar-refractivity contribution in [1.29, 1.82) is 0 Å². The van der Waals surface area contributed by atoms with E-state index in [9.17, 15) is 22.8 Å². The Bertz CT molecular complexity index is 1720. The van der Waals surface area contributed by atoms with Gasteiger partial charge in [-0.15, -0.1) is 0 Å². The maximum atomic E-state index is 14.2. The highest BCUT2D eigenvalue weighted by atomic mass is 79.9. The summed E-state index contributed by atoms with van der Waals surface area (Å²) in [6.07, 6.45) is 1.11. The molecule has 11 nitrogen and oxygen atoms in total. The van der Waals surface area contributed by atoms with Crippen molar-refractivity contribution in [2.75, 3.05) is 31.1 Å². The number of hydrogen-bond acceptors (Lipinski definition) is 7. The van der Waals surface area contributed by atoms with E-state index < -0.39 is 33.5 Å². The molecule has 1 unspecified atom stereocenters. The van der Waals surface area contributed by atoms with Gasteiger partial charge in [0.15, 0.2) is 11.1 Å². The zero-order chi connectivity index (χ0) is 30.7. The highest BCUT2D eigenvalue weighted by Crippen LogP contribution is 2.45. The molecule has 2 fully saturated rings. The third-order valence-corrected chi connectivity index (χ3v) is 10.8. The van der Waals surface area contributed by atoms with Gasteiger partial charge in [0.25, 0.3) is 21.8 Å². The number of anilines is 2. The van der Waals surface area contributed by atoms with Gasteiger partial charge in [0.2, 0.25) is 5.95 Å². The standard InChI is InChI=1S/C28H26BrCl2N5O6S/c1-28(15-17-2-4-18(29)5-3-17)26(39)35(21-13-19(30)12-20(31)14-21)27-32-16-23(36(27)28)43(40,41)34-10-8-33(9-11-34)25(38)22-6-7-24(37)42-22/h2-5,12-14,16,22H,6-11,15H2,1H3/t22?,28-/m1/s1. The summed E-state index contributed by atoms with van der Waals surface area (Å²) in [6, 6.07) is 12.1. The number of aromatic nitrogens is 2. The molecule has 1 aromatic heterocycles. The van der Waals surface area contributed by atoms with E-state index in [0.717, 1.165) is 10.0 Å². The summed E-state index contributed by atoms with van der Waals surface area (Å²) in [6.45, 7) is 2.01. The smallest absolute Gasteiger partial charge is 0.306 e. The molecule has 226 valence electrons. The lowest BCUT2D eigenvalue weighted by Crippen LogP contribution is -2.53. The molecule has 2 amide bonds. The first-order valence-electron chi connectivity index (χ1n) is 13.5. The van der Waals surface area contributed by atoms with Crippen molar-refractivity contribution in [2.45, 2.75) is 42.9 Å². The molecule has 0 spiro atoms. The molecule has 2 saturated heterocycles. The maximum Gasteiger partial charge on any atom is 0.306 e. The van der Waals surface area contributed by atoms with Crippen LogP contribution in [0.15, 0.2) is 58.2 Å². The largest absolute Gasteiger partial charge is 0.452 e. The summed E-state index contributed by atoms with van der Waals surface area (Å²) in [4.78, 5) is 45.8. The van der Waals surface area contributed by atoms with Crippen molar-refractivity contribution in [3.63, 3.8) is 0 Å². The fourth-order valence-corrected chi connectivity index (χ4v) is 8.18. The molecule has 0 bridgehead atoms. The van der Waals surface area contributed by atoms with Crippen LogP contribution in [0, 0.1) is 0 Å². The number of sulfonamides is 1. The van der Waals surface area contributed by atoms with Crippen LogP contribution >= 0.6 is 39.1 Å². The van der Waals surface area contributed by atoms with Crippen LogP contribution in [-0.4, -0.2) is 77.2 Å². The van der Waals surface area contributed by atoms with E-state index in [1.165, 1.54) is 30.9 Å². The Hall–Kier alpha value is -2.97. The van der Waals surface area contributed by atoms with E-state index in [4.69, 9.17) is 27.9 Å². The number of benzene rings is 2. The van der Waals surface area contributed by atoms with Crippen LogP contribution in [0.4, 0.5) is 11.6 Å². The predicted molar refractivity (Wildman–Crippen MR) is 162 cm³/mol. The van der Waals surface area contributed by atoms with Gasteiger partial charge in [0.05, 0.1) is 11.9 Å². The number of carbonyl (C=O) groups is 3. The van der Waals surface area contributed by atoms with Crippen LogP contribution in [0.25, 0.3) is 0 Å². The van der Waals surface area contributed by atoms with Gasteiger partial charge < -0.3 is 9.64 Å². The van der Waals surface area contributed by atoms with Gasteiger partial charge >= 0.3 is 5.97 Å². The number of rotatable bonds is 6. The molecule has 0 aliphatic carbocycles. The zero-order valence-electron chi connectivity index (χ0n) is 22.9. The van der Waals surface area contributed by atoms with Crippen molar-refractivity contribution in [3.8, 4) is 0 Å². The van der Waals surface area contributed by atoms with Crippen molar-refractivity contribution >= 4 is 78.6 Å². The van der Waals surface area contributed by atoms with E-state index in [1.54, 1.807) is 19.1 Å². The Morgan fingerprint density at radius 2 is 1.72 bits per heavy atom. The summed E-state index contributed by atoms with van der Waals surface area (Å²) < 4.78 is 37.0. The maximum absolute atomic E-state index is 14.2. The third kappa shape index (κ3) is 5.35. The number of imidazole rings is 1. The Morgan fingerprint density at radius 3 is 2.33 bits per heavy atom. The van der Waals surface area contributed by atoms with Crippen molar-refractivity contribution in [2.24, 2.45) is 0 Å². The number of fused-ring (bicyclic) bond motifs is 1. The Morgan fingerprint density at radius 1 is 1.07 bits per heavy atom. The van der Waals surface area contributed by atoms with Crippen LogP contribution in [0.1, 0.15) is 25.3 Å². The molecule has 0 radical (unpaired) electrons. The van der Waals surface area contributed by atoms with E-state index >= 15 is 0 Å². The summed E-state index contributed by atoms with van der Waals surface area (Å²) in [7, 11) is -4.16. The Labute approximate surface area is 266 Å². The first-order valence-corrected chi connectivity index (χ1v) is 16.5. The van der Waals surface area contributed by atoms with Gasteiger partial charge in [0, 0.05) is 60.0 Å². The summed E-state index contributed by atoms with van der Waals surface area (Å²) >= 11 is 16.0. The monoisotopic (exact) mass is 709 g/mol. The average molecular weight is 711 g/mol. The van der Waals surface area contributed by atoms with Crippen LogP contribution in [-0.2, 0) is 41.1 Å². The summed E-state index contributed by atoms with van der Waals surface area (Å²) in [5, 5.41) is 0.473. The highest BCUT2D eigenvalue weighted by molar-refractivity contribution is 9.10. The van der Waals surface area contributed by atoms with Gasteiger partial charge in [-0.05, 0) is 42.8 Å². The number of esters is 1. The third-order valence-electron chi connectivity index (χ3n) is 7.95. The van der Waals surface area contributed by atoms with Gasteiger partial charge in [-0.25, -0.2) is 18.3 Å². The normalized spacial score (nSPS) is 22.7. The predicted octanol–water partition coefficient (Wildman–Crippen LogP) is 4.13. The highest BCUT2D eigenvalue weighted by Gasteiger charge is 2.52. The van der Waals surface area contributed by atoms with Gasteiger partial charge in [0.1, 0.15) is 5.54 Å². The van der Waals surface area contributed by atoms with Gasteiger partial charge in [-0.1, -0.05) is 51.3 Å². The number of halogens is 3. The van der Waals surface area contributed by atoms with Gasteiger partial charge in [-0.3, -0.25) is 19.0 Å². The molecule has 3 aliphatic rings. The number of amides is 2. The first kappa shape index (κ1) is 30.1. The number of carbonyl (C=O) groups excluding carboxylic acids is 3. The average Bonchev–Trinajstić information content (AvgIpc) is 3.65. The number of nitrogens with zero attached hydrogens (tertiary/aromatic N) is 5. The fourth-order valence-electron chi connectivity index (χ4n) is 5.80. The quantitative estimate of drug-likeness (QED) is 0.353. The molecular formula is C28H26BrCl2N5O6S. The molecular weight excluding hydrogens is 685 g/mol. The van der Waals surface area contributed by atoms with E-state index in [0.29, 0.717) is 22.2 Å². The van der Waals surface area contributed by atoms with E-state index in [2.05, 4.69) is 20.9 Å². The summed E-state index contributed by atoms with van der Waals surface area (Å²) in [5.41, 5.74) is -0.202. The number of cyclic esters (lactones) is 1. The lowest BCUT2D eigenvalue weighted by Gasteiger charge is -2.35. The molecule has 2 atom stereocenters. The van der Waals surface area contributed by atoms with Crippen molar-refractivity contribution in [3.05, 3.63) is 68.7 Å². The second-order valence-corrected chi connectivity index (χ2v) is 14.5. The molecule has 15 heteroatoms. The number of piperazine rings is 1. The SMILES string of the molecule is C[C@@]1(Cc2ccc(Br)cc2)C(=O)N(c2cc(Cl)cc(Cl)c2)c2ncc(S(=O)(=O)N3CCN(C(=O)C4CCC(=O)O4)CC3)n21. The lowest BCUT2D eigenvalue weighted by molar-refractivity contribution is -0.153. The van der Waals surface area contributed by atoms with E-state index in [1.807, 2.05) is 24.3 Å². The van der Waals surface area contributed by atoms with Crippen molar-refractivity contribution < 1.29 is 27.5 Å². The number of ether oxygens (including phenoxy) is 1. The zero-order valence-corrected chi connectivity index (χ0v) is 26.8. The fraction of sp³-hybridized carbons (Fsp3) is 0.357. The minimum atomic E-state index is -4.16. The minimum absolute atomic E-state index is 0.0280. The second kappa shape index (κ2) is 11.2. The van der Waals surface area contributed by atoms with E-state index in [-0.39, 0.29) is 55.9 Å². The van der Waals surface area contributed by atoms with Crippen LogP contribution < -0.4 is 4.90 Å². The van der Waals surface area contributed by atoms with Crippen LogP contribution in [0.5, 0.6) is 0 Å². The molecule has 0 N–H and O–H groups in total. The molecule has 43 heavy (non-hydrogen) atoms. The molecule has 2 aromatic carbocycles. The minimum Gasteiger partial charge on any atom is -0.452 e. The van der Waals surface area contributed by atoms with Crippen molar-refractivity contribution in [1.82, 2.24) is 18.8 Å². The second-order valence-electron chi connectivity index (χ2n) is 10.8. The molecule has 6 rings (SSSR count). The molecule has 3 aliphatic heterocycles. The topological polar surface area (TPSA) is 122 Å². The van der Waals surface area contributed by atoms with Crippen LogP contribution in [0.3, 0.4) is 0 Å². The molecule has 0 saturated carbocycles. The Kier molecular flexibility index (Phi) is 7.82. The lowest BCUT2D eigenvalue weighted by atomic mass is 9.92. The number of hydrogen-bond donors (Lipinski definition) is 0. The summed E-state index contributed by atoms with van der Waals surface area (Å²) in [5.74, 6) is -1.01. The van der Waals surface area contributed by atoms with Gasteiger partial charge in [-0.2, -0.15) is 4.31 Å². The first-order chi connectivity index (χ1) is 20.4. The Balaban J connectivity index is 1.35.